The molecule has 0 spiro atoms. The molecule has 2 nitrogen and oxygen atoms in total. The van der Waals surface area contributed by atoms with Crippen molar-refractivity contribution in [2.24, 2.45) is 5.92 Å². The Labute approximate surface area is 126 Å². The zero-order valence-corrected chi connectivity index (χ0v) is 14.1. The summed E-state index contributed by atoms with van der Waals surface area (Å²) in [4.78, 5) is 5.57. The third-order valence-corrected chi connectivity index (χ3v) is 5.35. The maximum absolute atomic E-state index is 2.81. The van der Waals surface area contributed by atoms with Crippen LogP contribution < -0.4 is 0 Å². The number of hydrogen-bond acceptors (Lipinski definition) is 2. The van der Waals surface area contributed by atoms with E-state index in [0.717, 1.165) is 18.0 Å². The van der Waals surface area contributed by atoms with Crippen molar-refractivity contribution in [1.29, 1.82) is 0 Å². The van der Waals surface area contributed by atoms with E-state index in [0.29, 0.717) is 0 Å². The highest BCUT2D eigenvalue weighted by molar-refractivity contribution is 4.91. The van der Waals surface area contributed by atoms with Gasteiger partial charge in [-0.2, -0.15) is 0 Å². The number of unbranched alkanes of at least 4 members (excludes halogenated alkanes) is 3. The molecule has 0 saturated carbocycles. The minimum Gasteiger partial charge on any atom is -0.298 e. The van der Waals surface area contributed by atoms with Gasteiger partial charge in [0.25, 0.3) is 0 Å². The van der Waals surface area contributed by atoms with Crippen LogP contribution in [0, 0.1) is 5.92 Å². The van der Waals surface area contributed by atoms with Crippen molar-refractivity contribution in [2.75, 3.05) is 26.2 Å². The Morgan fingerprint density at radius 2 is 1.85 bits per heavy atom. The second kappa shape index (κ2) is 8.38. The monoisotopic (exact) mass is 280 g/mol. The summed E-state index contributed by atoms with van der Waals surface area (Å²) in [5.41, 5.74) is 0. The maximum Gasteiger partial charge on any atom is 0.0224 e. The van der Waals surface area contributed by atoms with E-state index in [1.54, 1.807) is 0 Å². The molecule has 118 valence electrons. The first kappa shape index (κ1) is 16.3. The van der Waals surface area contributed by atoms with Crippen molar-refractivity contribution in [1.82, 2.24) is 9.80 Å². The highest BCUT2D eigenvalue weighted by Crippen LogP contribution is 2.26. The molecule has 0 bridgehead atoms. The topological polar surface area (TPSA) is 6.48 Å². The van der Waals surface area contributed by atoms with Gasteiger partial charge in [0.05, 0.1) is 0 Å². The van der Waals surface area contributed by atoms with Gasteiger partial charge in [-0.1, -0.05) is 46.5 Å². The van der Waals surface area contributed by atoms with E-state index >= 15 is 0 Å². The van der Waals surface area contributed by atoms with Crippen LogP contribution in [0.2, 0.25) is 0 Å². The second-order valence-electron chi connectivity index (χ2n) is 7.44. The summed E-state index contributed by atoms with van der Waals surface area (Å²) in [5, 5.41) is 0. The molecule has 2 atom stereocenters. The molecule has 0 aliphatic carbocycles. The highest BCUT2D eigenvalue weighted by Gasteiger charge is 2.34. The Kier molecular flexibility index (Phi) is 6.83. The molecule has 0 amide bonds. The molecule has 2 heteroatoms. The van der Waals surface area contributed by atoms with E-state index in [1.807, 2.05) is 0 Å². The highest BCUT2D eigenvalue weighted by atomic mass is 15.3. The first-order valence-corrected chi connectivity index (χ1v) is 9.18. The van der Waals surface area contributed by atoms with Crippen LogP contribution in [-0.4, -0.2) is 48.1 Å². The van der Waals surface area contributed by atoms with Crippen LogP contribution in [0.1, 0.15) is 72.1 Å². The van der Waals surface area contributed by atoms with Crippen LogP contribution in [0.5, 0.6) is 0 Å². The zero-order valence-electron chi connectivity index (χ0n) is 14.1. The second-order valence-corrected chi connectivity index (χ2v) is 7.44. The SMILES string of the molecule is CCC1CN2CCCC2CN1CCCCCCC(C)C. The van der Waals surface area contributed by atoms with Gasteiger partial charge in [0, 0.05) is 25.2 Å². The normalized spacial score (nSPS) is 28.2. The van der Waals surface area contributed by atoms with Crippen LogP contribution in [0.15, 0.2) is 0 Å². The van der Waals surface area contributed by atoms with Gasteiger partial charge in [0.15, 0.2) is 0 Å². The lowest BCUT2D eigenvalue weighted by Crippen LogP contribution is -2.55. The summed E-state index contributed by atoms with van der Waals surface area (Å²) in [7, 11) is 0. The summed E-state index contributed by atoms with van der Waals surface area (Å²) < 4.78 is 0. The number of piperazine rings is 1. The average molecular weight is 280 g/mol. The van der Waals surface area contributed by atoms with E-state index < -0.39 is 0 Å². The summed E-state index contributed by atoms with van der Waals surface area (Å²) in [6.07, 6.45) is 11.4. The lowest BCUT2D eigenvalue weighted by Gasteiger charge is -2.43. The average Bonchev–Trinajstić information content (AvgIpc) is 2.88. The summed E-state index contributed by atoms with van der Waals surface area (Å²) in [5.74, 6) is 0.884. The molecule has 20 heavy (non-hydrogen) atoms. The molecule has 0 aromatic heterocycles. The molecule has 0 aromatic rings. The fourth-order valence-corrected chi connectivity index (χ4v) is 4.03. The Morgan fingerprint density at radius 1 is 1.05 bits per heavy atom. The van der Waals surface area contributed by atoms with Crippen LogP contribution in [0.25, 0.3) is 0 Å². The van der Waals surface area contributed by atoms with E-state index in [9.17, 15) is 0 Å². The fraction of sp³-hybridized carbons (Fsp3) is 1.00. The minimum absolute atomic E-state index is 0.833. The van der Waals surface area contributed by atoms with Gasteiger partial charge in [-0.05, 0) is 44.7 Å². The van der Waals surface area contributed by atoms with Crippen LogP contribution >= 0.6 is 0 Å². The maximum atomic E-state index is 2.81. The molecule has 0 N–H and O–H groups in total. The van der Waals surface area contributed by atoms with Gasteiger partial charge in [0.2, 0.25) is 0 Å². The summed E-state index contributed by atoms with van der Waals surface area (Å²) >= 11 is 0. The van der Waals surface area contributed by atoms with Gasteiger partial charge < -0.3 is 0 Å². The molecular formula is C18H36N2. The summed E-state index contributed by atoms with van der Waals surface area (Å²) in [6.45, 7) is 12.5. The molecule has 2 aliphatic heterocycles. The molecule has 0 aromatic carbocycles. The number of hydrogen-bond donors (Lipinski definition) is 0. The standard InChI is InChI=1S/C18H36N2/c1-4-17-14-20-13-9-11-18(20)15-19(17)12-8-6-5-7-10-16(2)3/h16-18H,4-15H2,1-3H3. The lowest BCUT2D eigenvalue weighted by atomic mass is 10.0. The van der Waals surface area contributed by atoms with Gasteiger partial charge in [-0.3, -0.25) is 9.80 Å². The molecule has 2 heterocycles. The van der Waals surface area contributed by atoms with Crippen LogP contribution in [0.3, 0.4) is 0 Å². The number of nitrogens with zero attached hydrogens (tertiary/aromatic N) is 2. The molecule has 2 unspecified atom stereocenters. The fourth-order valence-electron chi connectivity index (χ4n) is 4.03. The Balaban J connectivity index is 1.63. The van der Waals surface area contributed by atoms with E-state index in [2.05, 4.69) is 30.6 Å². The Morgan fingerprint density at radius 3 is 2.60 bits per heavy atom. The Bertz CT molecular complexity index is 264. The first-order chi connectivity index (χ1) is 9.70. The van der Waals surface area contributed by atoms with Gasteiger partial charge in [-0.25, -0.2) is 0 Å². The lowest BCUT2D eigenvalue weighted by molar-refractivity contribution is 0.0480. The van der Waals surface area contributed by atoms with Crippen molar-refractivity contribution in [3.8, 4) is 0 Å². The molecular weight excluding hydrogens is 244 g/mol. The third kappa shape index (κ3) is 4.73. The molecule has 2 rings (SSSR count). The molecule has 2 aliphatic rings. The van der Waals surface area contributed by atoms with E-state index in [-0.39, 0.29) is 0 Å². The molecule has 2 saturated heterocycles. The van der Waals surface area contributed by atoms with Crippen molar-refractivity contribution < 1.29 is 0 Å². The zero-order chi connectivity index (χ0) is 14.4. The summed E-state index contributed by atoms with van der Waals surface area (Å²) in [6, 6.07) is 1.72. The predicted molar refractivity (Wildman–Crippen MR) is 88.2 cm³/mol. The van der Waals surface area contributed by atoms with Gasteiger partial charge in [-0.15, -0.1) is 0 Å². The van der Waals surface area contributed by atoms with Crippen molar-refractivity contribution >= 4 is 0 Å². The minimum atomic E-state index is 0.833. The largest absolute Gasteiger partial charge is 0.298 e. The van der Waals surface area contributed by atoms with Crippen LogP contribution in [-0.2, 0) is 0 Å². The molecule has 2 fully saturated rings. The number of rotatable bonds is 8. The van der Waals surface area contributed by atoms with Crippen molar-refractivity contribution in [2.45, 2.75) is 84.2 Å². The smallest absolute Gasteiger partial charge is 0.0224 e. The van der Waals surface area contributed by atoms with Crippen LogP contribution in [0.4, 0.5) is 0 Å². The quantitative estimate of drug-likeness (QED) is 0.616. The van der Waals surface area contributed by atoms with E-state index in [1.165, 1.54) is 77.5 Å². The van der Waals surface area contributed by atoms with Crippen molar-refractivity contribution in [3.63, 3.8) is 0 Å². The molecule has 0 radical (unpaired) electrons. The van der Waals surface area contributed by atoms with Gasteiger partial charge >= 0.3 is 0 Å². The Hall–Kier alpha value is -0.0800. The van der Waals surface area contributed by atoms with Crippen molar-refractivity contribution in [3.05, 3.63) is 0 Å². The van der Waals surface area contributed by atoms with E-state index in [4.69, 9.17) is 0 Å². The first-order valence-electron chi connectivity index (χ1n) is 9.18. The van der Waals surface area contributed by atoms with Gasteiger partial charge in [0.1, 0.15) is 0 Å². The number of fused-ring (bicyclic) bond motifs is 1. The third-order valence-electron chi connectivity index (χ3n) is 5.35. The predicted octanol–water partition coefficient (Wildman–Crippen LogP) is 4.15.